The molecule has 1 atom stereocenters. The molecule has 1 aliphatic rings. The van der Waals surface area contributed by atoms with E-state index < -0.39 is 0 Å². The first-order chi connectivity index (χ1) is 12.8. The van der Waals surface area contributed by atoms with Crippen LogP contribution in [-0.4, -0.2) is 26.6 Å². The quantitative estimate of drug-likeness (QED) is 0.716. The summed E-state index contributed by atoms with van der Waals surface area (Å²) in [4.78, 5) is 21.4. The minimum Gasteiger partial charge on any atom is -0.273 e. The summed E-state index contributed by atoms with van der Waals surface area (Å²) < 4.78 is 0. The normalized spacial score (nSPS) is 16.7. The molecule has 0 fully saturated rings. The van der Waals surface area contributed by atoms with Crippen LogP contribution in [0.2, 0.25) is 0 Å². The monoisotopic (exact) mass is 344 g/mol. The molecule has 2 heterocycles. The summed E-state index contributed by atoms with van der Waals surface area (Å²) in [7, 11) is 0. The Balaban J connectivity index is 1.72. The maximum Gasteiger partial charge on any atom is 0.243 e. The van der Waals surface area contributed by atoms with Crippen LogP contribution < -0.4 is 0 Å². The van der Waals surface area contributed by atoms with Gasteiger partial charge >= 0.3 is 0 Å². The number of aromatic nitrogens is 2. The Kier molecular flexibility index (Phi) is 4.44. The summed E-state index contributed by atoms with van der Waals surface area (Å²) in [6, 6.07) is 15.9. The summed E-state index contributed by atoms with van der Waals surface area (Å²) in [5, 5.41) is 6.34. The summed E-state index contributed by atoms with van der Waals surface area (Å²) in [5.74, 6) is 0.0580. The molecular formula is C21H20N4O. The number of rotatable bonds is 4. The van der Waals surface area contributed by atoms with E-state index in [4.69, 9.17) is 0 Å². The van der Waals surface area contributed by atoms with Crippen molar-refractivity contribution in [3.63, 3.8) is 0 Å². The van der Waals surface area contributed by atoms with E-state index in [1.54, 1.807) is 17.4 Å². The van der Waals surface area contributed by atoms with Gasteiger partial charge in [0.2, 0.25) is 5.91 Å². The third kappa shape index (κ3) is 3.08. The molecule has 0 bridgehead atoms. The molecule has 1 aromatic heterocycles. The molecule has 130 valence electrons. The van der Waals surface area contributed by atoms with Crippen LogP contribution in [0.1, 0.15) is 43.4 Å². The second-order valence-electron chi connectivity index (χ2n) is 6.43. The molecule has 3 aromatic rings. The van der Waals surface area contributed by atoms with Crippen molar-refractivity contribution in [1.82, 2.24) is 15.0 Å². The van der Waals surface area contributed by atoms with Gasteiger partial charge in [-0.25, -0.2) is 5.01 Å². The van der Waals surface area contributed by atoms with E-state index in [-0.39, 0.29) is 11.9 Å². The Morgan fingerprint density at radius 3 is 2.62 bits per heavy atom. The van der Waals surface area contributed by atoms with Gasteiger partial charge in [0.25, 0.3) is 0 Å². The van der Waals surface area contributed by atoms with Crippen molar-refractivity contribution in [3.05, 3.63) is 72.1 Å². The van der Waals surface area contributed by atoms with Gasteiger partial charge in [0.15, 0.2) is 0 Å². The van der Waals surface area contributed by atoms with Gasteiger partial charge in [-0.05, 0) is 29.7 Å². The van der Waals surface area contributed by atoms with Crippen LogP contribution in [-0.2, 0) is 4.79 Å². The molecule has 0 radical (unpaired) electrons. The molecule has 1 amide bonds. The van der Waals surface area contributed by atoms with Crippen LogP contribution >= 0.6 is 0 Å². The van der Waals surface area contributed by atoms with E-state index in [0.29, 0.717) is 12.8 Å². The van der Waals surface area contributed by atoms with Gasteiger partial charge in [-0.2, -0.15) is 5.10 Å². The van der Waals surface area contributed by atoms with Crippen LogP contribution in [0, 0.1) is 0 Å². The summed E-state index contributed by atoms with van der Waals surface area (Å²) >= 11 is 0. The summed E-state index contributed by atoms with van der Waals surface area (Å²) in [5.41, 5.74) is 4.73. The second-order valence-corrected chi connectivity index (χ2v) is 6.43. The number of carbonyl (C=O) groups excluding carboxylic acids is 1. The highest BCUT2D eigenvalue weighted by Gasteiger charge is 2.32. The summed E-state index contributed by atoms with van der Waals surface area (Å²) in [6.45, 7) is 2.01. The number of benzene rings is 2. The van der Waals surface area contributed by atoms with E-state index in [1.807, 2.05) is 55.5 Å². The van der Waals surface area contributed by atoms with E-state index in [2.05, 4.69) is 15.1 Å². The number of nitrogens with zero attached hydrogens (tertiary/aromatic N) is 4. The molecule has 0 spiro atoms. The first-order valence-corrected chi connectivity index (χ1v) is 8.92. The zero-order chi connectivity index (χ0) is 17.9. The van der Waals surface area contributed by atoms with Crippen molar-refractivity contribution >= 4 is 22.7 Å². The Hall–Kier alpha value is -3.08. The summed E-state index contributed by atoms with van der Waals surface area (Å²) in [6.07, 6.45) is 5.38. The van der Waals surface area contributed by atoms with Gasteiger partial charge in [-0.15, -0.1) is 0 Å². The maximum atomic E-state index is 12.7. The molecule has 0 unspecified atom stereocenters. The lowest BCUT2D eigenvalue weighted by Gasteiger charge is -2.22. The average Bonchev–Trinajstić information content (AvgIpc) is 3.14. The standard InChI is InChI=1S/C21H20N4O/c1-2-6-21(26)25-20(14-18(24-25)15-7-4-3-5-8-15)16-9-10-17-19(13-16)23-12-11-22-17/h3-5,7-13,20H,2,6,14H2,1H3/t20-/m1/s1. The molecule has 5 heteroatoms. The molecule has 0 aliphatic carbocycles. The highest BCUT2D eigenvalue weighted by Crippen LogP contribution is 2.34. The third-order valence-corrected chi connectivity index (χ3v) is 4.61. The number of amides is 1. The predicted molar refractivity (Wildman–Crippen MR) is 102 cm³/mol. The average molecular weight is 344 g/mol. The van der Waals surface area contributed by atoms with Gasteiger partial charge < -0.3 is 0 Å². The SMILES string of the molecule is CCCC(=O)N1N=C(c2ccccc2)C[C@@H]1c1ccc2nccnc2c1. The number of carbonyl (C=O) groups is 1. The molecule has 2 aromatic carbocycles. The van der Waals surface area contributed by atoms with Gasteiger partial charge in [-0.1, -0.05) is 43.3 Å². The zero-order valence-corrected chi connectivity index (χ0v) is 14.7. The van der Waals surface area contributed by atoms with E-state index >= 15 is 0 Å². The number of hydrazone groups is 1. The number of hydrogen-bond donors (Lipinski definition) is 0. The Morgan fingerprint density at radius 1 is 1.08 bits per heavy atom. The van der Waals surface area contributed by atoms with Crippen molar-refractivity contribution in [2.24, 2.45) is 5.10 Å². The van der Waals surface area contributed by atoms with Crippen LogP contribution in [0.25, 0.3) is 11.0 Å². The van der Waals surface area contributed by atoms with Gasteiger partial charge in [-0.3, -0.25) is 14.8 Å². The molecule has 0 saturated heterocycles. The number of fused-ring (bicyclic) bond motifs is 1. The van der Waals surface area contributed by atoms with E-state index in [9.17, 15) is 4.79 Å². The predicted octanol–water partition coefficient (Wildman–Crippen LogP) is 4.11. The highest BCUT2D eigenvalue weighted by molar-refractivity contribution is 6.03. The fourth-order valence-electron chi connectivity index (χ4n) is 3.32. The Labute approximate surface area is 152 Å². The fourth-order valence-corrected chi connectivity index (χ4v) is 3.32. The minimum atomic E-state index is -0.101. The van der Waals surface area contributed by atoms with Crippen molar-refractivity contribution in [3.8, 4) is 0 Å². The zero-order valence-electron chi connectivity index (χ0n) is 14.7. The Bertz CT molecular complexity index is 968. The topological polar surface area (TPSA) is 58.5 Å². The highest BCUT2D eigenvalue weighted by atomic mass is 16.2. The molecular weight excluding hydrogens is 324 g/mol. The first-order valence-electron chi connectivity index (χ1n) is 8.92. The van der Waals surface area contributed by atoms with Crippen molar-refractivity contribution in [2.75, 3.05) is 0 Å². The molecule has 5 nitrogen and oxygen atoms in total. The lowest BCUT2D eigenvalue weighted by molar-refractivity contribution is -0.133. The minimum absolute atomic E-state index is 0.0580. The first kappa shape index (κ1) is 16.4. The van der Waals surface area contributed by atoms with Crippen molar-refractivity contribution in [1.29, 1.82) is 0 Å². The largest absolute Gasteiger partial charge is 0.273 e. The Morgan fingerprint density at radius 2 is 1.85 bits per heavy atom. The van der Waals surface area contributed by atoms with Crippen LogP contribution in [0.3, 0.4) is 0 Å². The van der Waals surface area contributed by atoms with E-state index in [1.165, 1.54) is 0 Å². The smallest absolute Gasteiger partial charge is 0.243 e. The molecule has 0 saturated carbocycles. The van der Waals surface area contributed by atoms with Crippen LogP contribution in [0.4, 0.5) is 0 Å². The van der Waals surface area contributed by atoms with Crippen molar-refractivity contribution in [2.45, 2.75) is 32.2 Å². The lowest BCUT2D eigenvalue weighted by atomic mass is 9.98. The van der Waals surface area contributed by atoms with Gasteiger partial charge in [0, 0.05) is 25.2 Å². The third-order valence-electron chi connectivity index (χ3n) is 4.61. The second kappa shape index (κ2) is 7.04. The van der Waals surface area contributed by atoms with Gasteiger partial charge in [0.05, 0.1) is 22.8 Å². The van der Waals surface area contributed by atoms with Crippen molar-refractivity contribution < 1.29 is 4.79 Å². The van der Waals surface area contributed by atoms with Gasteiger partial charge in [0.1, 0.15) is 0 Å². The van der Waals surface area contributed by atoms with Crippen LogP contribution in [0.5, 0.6) is 0 Å². The maximum absolute atomic E-state index is 12.7. The molecule has 4 rings (SSSR count). The van der Waals surface area contributed by atoms with E-state index in [0.717, 1.165) is 34.3 Å². The lowest BCUT2D eigenvalue weighted by Crippen LogP contribution is -2.26. The fraction of sp³-hybridized carbons (Fsp3) is 0.238. The number of hydrogen-bond acceptors (Lipinski definition) is 4. The molecule has 0 N–H and O–H groups in total. The van der Waals surface area contributed by atoms with Crippen LogP contribution in [0.15, 0.2) is 66.0 Å². The molecule has 1 aliphatic heterocycles. The molecule has 26 heavy (non-hydrogen) atoms.